The number of rotatable bonds is 6. The van der Waals surface area contributed by atoms with Crippen LogP contribution in [0.1, 0.15) is 23.4 Å². The summed E-state index contributed by atoms with van der Waals surface area (Å²) < 4.78 is 7.11. The highest BCUT2D eigenvalue weighted by molar-refractivity contribution is 5.55. The summed E-state index contributed by atoms with van der Waals surface area (Å²) >= 11 is 0. The Morgan fingerprint density at radius 1 is 1.35 bits per heavy atom. The third-order valence-corrected chi connectivity index (χ3v) is 4.74. The van der Waals surface area contributed by atoms with Gasteiger partial charge in [-0.05, 0) is 39.7 Å². The molecule has 6 heteroatoms. The minimum Gasteiger partial charge on any atom is -0.383 e. The maximum Gasteiger partial charge on any atom is 0.160 e. The zero-order chi connectivity index (χ0) is 16.4. The van der Waals surface area contributed by atoms with Gasteiger partial charge in [-0.3, -0.25) is 0 Å². The van der Waals surface area contributed by atoms with E-state index in [1.165, 1.54) is 13.0 Å². The fraction of sp³-hybridized carbons (Fsp3) is 0.647. The standard InChI is InChI=1S/C17H27N5O/c1-12-9-16(22-17(19-12)13(2)14(3)20-22)18-10-15-5-6-21(11-15)7-8-23-4/h9,15,18H,5-8,10-11H2,1-4H3. The van der Waals surface area contributed by atoms with Crippen molar-refractivity contribution in [1.29, 1.82) is 0 Å². The van der Waals surface area contributed by atoms with Crippen LogP contribution in [0.3, 0.4) is 0 Å². The summed E-state index contributed by atoms with van der Waals surface area (Å²) in [5.74, 6) is 1.71. The predicted octanol–water partition coefficient (Wildman–Crippen LogP) is 2.03. The molecule has 0 bridgehead atoms. The molecular weight excluding hydrogens is 290 g/mol. The molecule has 1 N–H and O–H groups in total. The normalized spacial score (nSPS) is 18.9. The number of fused-ring (bicyclic) bond motifs is 1. The van der Waals surface area contributed by atoms with Crippen LogP contribution in [0.4, 0.5) is 5.82 Å². The number of aryl methyl sites for hydroxylation is 3. The minimum absolute atomic E-state index is 0.674. The lowest BCUT2D eigenvalue weighted by atomic mass is 10.1. The van der Waals surface area contributed by atoms with Crippen LogP contribution in [0.25, 0.3) is 5.65 Å². The summed E-state index contributed by atoms with van der Waals surface area (Å²) in [6.07, 6.45) is 1.24. The second-order valence-electron chi connectivity index (χ2n) is 6.56. The number of aromatic nitrogens is 3. The molecule has 3 rings (SSSR count). The smallest absolute Gasteiger partial charge is 0.160 e. The van der Waals surface area contributed by atoms with Gasteiger partial charge in [0.2, 0.25) is 0 Å². The molecule has 126 valence electrons. The second kappa shape index (κ2) is 6.84. The second-order valence-corrected chi connectivity index (χ2v) is 6.56. The number of nitrogens with zero attached hydrogens (tertiary/aromatic N) is 4. The molecule has 2 aromatic rings. The molecule has 1 fully saturated rings. The van der Waals surface area contributed by atoms with E-state index in [-0.39, 0.29) is 0 Å². The van der Waals surface area contributed by atoms with E-state index in [2.05, 4.69) is 33.3 Å². The van der Waals surface area contributed by atoms with Crippen molar-refractivity contribution in [3.8, 4) is 0 Å². The maximum absolute atomic E-state index is 5.17. The van der Waals surface area contributed by atoms with Crippen molar-refractivity contribution in [1.82, 2.24) is 19.5 Å². The Balaban J connectivity index is 1.67. The lowest BCUT2D eigenvalue weighted by Gasteiger charge is -2.16. The lowest BCUT2D eigenvalue weighted by molar-refractivity contribution is 0.159. The highest BCUT2D eigenvalue weighted by Crippen LogP contribution is 2.20. The fourth-order valence-corrected chi connectivity index (χ4v) is 3.23. The molecule has 0 radical (unpaired) electrons. The molecule has 0 aliphatic carbocycles. The molecule has 0 saturated carbocycles. The largest absolute Gasteiger partial charge is 0.383 e. The van der Waals surface area contributed by atoms with E-state index in [1.54, 1.807) is 7.11 Å². The van der Waals surface area contributed by atoms with Crippen LogP contribution in [0.5, 0.6) is 0 Å². The maximum atomic E-state index is 5.17. The highest BCUT2D eigenvalue weighted by Gasteiger charge is 2.22. The van der Waals surface area contributed by atoms with Crippen LogP contribution in [0.2, 0.25) is 0 Å². The Hall–Kier alpha value is -1.66. The van der Waals surface area contributed by atoms with E-state index in [0.29, 0.717) is 5.92 Å². The van der Waals surface area contributed by atoms with Gasteiger partial charge in [0.05, 0.1) is 12.3 Å². The average Bonchev–Trinajstić information content (AvgIpc) is 3.09. The number of ether oxygens (including phenoxy) is 1. The van der Waals surface area contributed by atoms with Crippen LogP contribution in [0.15, 0.2) is 6.07 Å². The topological polar surface area (TPSA) is 54.7 Å². The first-order chi connectivity index (χ1) is 11.1. The van der Waals surface area contributed by atoms with Gasteiger partial charge in [0.15, 0.2) is 5.65 Å². The summed E-state index contributed by atoms with van der Waals surface area (Å²) in [5.41, 5.74) is 4.18. The molecule has 3 heterocycles. The lowest BCUT2D eigenvalue weighted by Crippen LogP contribution is -2.26. The average molecular weight is 317 g/mol. The van der Waals surface area contributed by atoms with Crippen LogP contribution >= 0.6 is 0 Å². The first kappa shape index (κ1) is 16.2. The van der Waals surface area contributed by atoms with Gasteiger partial charge in [-0.2, -0.15) is 9.61 Å². The number of likely N-dealkylation sites (tertiary alicyclic amines) is 1. The van der Waals surface area contributed by atoms with Crippen LogP contribution < -0.4 is 5.32 Å². The zero-order valence-corrected chi connectivity index (χ0v) is 14.6. The molecule has 1 unspecified atom stereocenters. The van der Waals surface area contributed by atoms with Gasteiger partial charge in [-0.15, -0.1) is 0 Å². The third kappa shape index (κ3) is 3.48. The van der Waals surface area contributed by atoms with E-state index in [1.807, 2.05) is 18.4 Å². The molecule has 0 amide bonds. The van der Waals surface area contributed by atoms with Gasteiger partial charge in [0, 0.05) is 44.1 Å². The van der Waals surface area contributed by atoms with E-state index < -0.39 is 0 Å². The summed E-state index contributed by atoms with van der Waals surface area (Å²) in [6.45, 7) is 11.3. The van der Waals surface area contributed by atoms with Gasteiger partial charge in [0.25, 0.3) is 0 Å². The Bertz CT molecular complexity index is 681. The van der Waals surface area contributed by atoms with E-state index >= 15 is 0 Å². The van der Waals surface area contributed by atoms with Gasteiger partial charge in [0.1, 0.15) is 5.82 Å². The molecule has 2 aromatic heterocycles. The summed E-state index contributed by atoms with van der Waals surface area (Å²) in [6, 6.07) is 2.08. The number of anilines is 1. The van der Waals surface area contributed by atoms with Crippen LogP contribution in [-0.2, 0) is 4.74 Å². The molecule has 1 saturated heterocycles. The molecule has 0 aromatic carbocycles. The van der Waals surface area contributed by atoms with Crippen molar-refractivity contribution in [3.05, 3.63) is 23.0 Å². The fourth-order valence-electron chi connectivity index (χ4n) is 3.23. The van der Waals surface area contributed by atoms with Crippen molar-refractivity contribution in [2.24, 2.45) is 5.92 Å². The third-order valence-electron chi connectivity index (χ3n) is 4.74. The molecule has 1 aliphatic heterocycles. The number of methoxy groups -OCH3 is 1. The molecule has 6 nitrogen and oxygen atoms in total. The highest BCUT2D eigenvalue weighted by atomic mass is 16.5. The van der Waals surface area contributed by atoms with E-state index in [0.717, 1.165) is 54.7 Å². The van der Waals surface area contributed by atoms with Gasteiger partial charge in [-0.1, -0.05) is 0 Å². The van der Waals surface area contributed by atoms with Crippen LogP contribution in [0, 0.1) is 26.7 Å². The monoisotopic (exact) mass is 317 g/mol. The number of hydrogen-bond acceptors (Lipinski definition) is 5. The van der Waals surface area contributed by atoms with Crippen molar-refractivity contribution in [3.63, 3.8) is 0 Å². The number of nitrogens with one attached hydrogen (secondary N) is 1. The quantitative estimate of drug-likeness (QED) is 0.883. The number of hydrogen-bond donors (Lipinski definition) is 1. The van der Waals surface area contributed by atoms with Gasteiger partial charge >= 0.3 is 0 Å². The van der Waals surface area contributed by atoms with E-state index in [4.69, 9.17) is 4.74 Å². The summed E-state index contributed by atoms with van der Waals surface area (Å²) in [5, 5.41) is 8.21. The Kier molecular flexibility index (Phi) is 4.82. The molecular formula is C17H27N5O. The van der Waals surface area contributed by atoms with Gasteiger partial charge < -0.3 is 15.0 Å². The first-order valence-electron chi connectivity index (χ1n) is 8.37. The SMILES string of the molecule is COCCN1CCC(CNc2cc(C)nc3c(C)c(C)nn23)C1. The molecule has 1 atom stereocenters. The molecule has 23 heavy (non-hydrogen) atoms. The van der Waals surface area contributed by atoms with Gasteiger partial charge in [-0.25, -0.2) is 4.98 Å². The zero-order valence-electron chi connectivity index (χ0n) is 14.6. The van der Waals surface area contributed by atoms with Crippen LogP contribution in [-0.4, -0.2) is 59.4 Å². The van der Waals surface area contributed by atoms with Crippen molar-refractivity contribution in [2.45, 2.75) is 27.2 Å². The Morgan fingerprint density at radius 2 is 2.17 bits per heavy atom. The molecule has 0 spiro atoms. The first-order valence-corrected chi connectivity index (χ1v) is 8.37. The Labute approximate surface area is 137 Å². The molecule has 1 aliphatic rings. The van der Waals surface area contributed by atoms with Crippen molar-refractivity contribution >= 4 is 11.5 Å². The minimum atomic E-state index is 0.674. The summed E-state index contributed by atoms with van der Waals surface area (Å²) in [4.78, 5) is 7.10. The van der Waals surface area contributed by atoms with E-state index in [9.17, 15) is 0 Å². The summed E-state index contributed by atoms with van der Waals surface area (Å²) in [7, 11) is 1.76. The predicted molar refractivity (Wildman–Crippen MR) is 92.1 cm³/mol. The van der Waals surface area contributed by atoms with Crippen molar-refractivity contribution in [2.75, 3.05) is 45.2 Å². The Morgan fingerprint density at radius 3 is 2.96 bits per heavy atom. The van der Waals surface area contributed by atoms with Crippen molar-refractivity contribution < 1.29 is 4.74 Å².